The summed E-state index contributed by atoms with van der Waals surface area (Å²) >= 11 is 0. The summed E-state index contributed by atoms with van der Waals surface area (Å²) in [5.41, 5.74) is 4.71. The second kappa shape index (κ2) is 6.94. The second-order valence-electron chi connectivity index (χ2n) is 9.33. The van der Waals surface area contributed by atoms with Gasteiger partial charge in [-0.2, -0.15) is 0 Å². The molecule has 0 saturated carbocycles. The van der Waals surface area contributed by atoms with E-state index in [1.165, 1.54) is 54.2 Å². The molecule has 8 rings (SSSR count). The fourth-order valence-corrected chi connectivity index (χ4v) is 5.79. The summed E-state index contributed by atoms with van der Waals surface area (Å²) < 4.78 is 6.63. The van der Waals surface area contributed by atoms with Crippen molar-refractivity contribution in [1.82, 2.24) is 0 Å². The molecule has 0 aliphatic carbocycles. The maximum atomic E-state index is 6.63. The Morgan fingerprint density at radius 3 is 2.00 bits per heavy atom. The van der Waals surface area contributed by atoms with E-state index in [4.69, 9.17) is 4.74 Å². The van der Waals surface area contributed by atoms with Crippen molar-refractivity contribution in [2.24, 2.45) is 0 Å². The Labute approximate surface area is 202 Å². The van der Waals surface area contributed by atoms with Crippen molar-refractivity contribution in [2.45, 2.75) is 0 Å². The summed E-state index contributed by atoms with van der Waals surface area (Å²) in [6.45, 7) is 0. The van der Waals surface area contributed by atoms with Gasteiger partial charge in [0, 0.05) is 16.5 Å². The average molecular weight is 445 g/mol. The Morgan fingerprint density at radius 2 is 1.03 bits per heavy atom. The number of fused-ring (bicyclic) bond motifs is 6. The minimum Gasteiger partial charge on any atom is -0.455 e. The Morgan fingerprint density at radius 1 is 0.371 bits per heavy atom. The first-order valence-electron chi connectivity index (χ1n) is 12.0. The minimum atomic E-state index is 0.914. The van der Waals surface area contributed by atoms with Crippen LogP contribution >= 0.6 is 0 Å². The number of benzene rings is 7. The summed E-state index contributed by atoms with van der Waals surface area (Å²) in [5.74, 6) is 1.86. The summed E-state index contributed by atoms with van der Waals surface area (Å²) in [6, 6.07) is 43.6. The van der Waals surface area contributed by atoms with Crippen LogP contribution in [0.5, 0.6) is 11.5 Å². The topological polar surface area (TPSA) is 9.23 Å². The largest absolute Gasteiger partial charge is 0.455 e. The van der Waals surface area contributed by atoms with Crippen molar-refractivity contribution in [1.29, 1.82) is 0 Å². The Balaban J connectivity index is 1.45. The van der Waals surface area contributed by atoms with E-state index >= 15 is 0 Å². The first-order chi connectivity index (χ1) is 17.3. The second-order valence-corrected chi connectivity index (χ2v) is 9.33. The molecular weight excluding hydrogens is 424 g/mol. The molecule has 1 heterocycles. The highest BCUT2D eigenvalue weighted by atomic mass is 16.5. The van der Waals surface area contributed by atoms with Crippen molar-refractivity contribution in [2.75, 3.05) is 0 Å². The molecule has 1 aliphatic rings. The number of rotatable bonds is 1. The van der Waals surface area contributed by atoms with Crippen LogP contribution in [-0.4, -0.2) is 0 Å². The molecule has 0 bridgehead atoms. The van der Waals surface area contributed by atoms with Crippen molar-refractivity contribution in [3.8, 4) is 33.8 Å². The van der Waals surface area contributed by atoms with E-state index in [1.54, 1.807) is 0 Å². The van der Waals surface area contributed by atoms with E-state index in [0.29, 0.717) is 0 Å². The first kappa shape index (κ1) is 18.8. The maximum absolute atomic E-state index is 6.63. The number of ether oxygens (including phenoxy) is 1. The smallest absolute Gasteiger partial charge is 0.143 e. The predicted molar refractivity (Wildman–Crippen MR) is 147 cm³/mol. The highest BCUT2D eigenvalue weighted by molar-refractivity contribution is 6.15. The van der Waals surface area contributed by atoms with Crippen LogP contribution in [0, 0.1) is 0 Å². The predicted octanol–water partition coefficient (Wildman–Crippen LogP) is 9.74. The molecule has 0 amide bonds. The van der Waals surface area contributed by atoms with Gasteiger partial charge in [-0.15, -0.1) is 0 Å². The van der Waals surface area contributed by atoms with Gasteiger partial charge in [0.05, 0.1) is 0 Å². The van der Waals surface area contributed by atoms with Crippen LogP contribution in [0.2, 0.25) is 0 Å². The molecule has 1 heteroatoms. The fraction of sp³-hybridized carbons (Fsp3) is 0. The highest BCUT2D eigenvalue weighted by Gasteiger charge is 2.23. The molecule has 0 radical (unpaired) electrons. The van der Waals surface area contributed by atoms with Gasteiger partial charge in [-0.25, -0.2) is 0 Å². The number of hydrogen-bond donors (Lipinski definition) is 0. The molecule has 0 atom stereocenters. The zero-order valence-corrected chi connectivity index (χ0v) is 19.0. The number of hydrogen-bond acceptors (Lipinski definition) is 1. The van der Waals surface area contributed by atoms with Gasteiger partial charge in [0.2, 0.25) is 0 Å². The van der Waals surface area contributed by atoms with Crippen molar-refractivity contribution < 1.29 is 4.74 Å². The molecule has 162 valence electrons. The van der Waals surface area contributed by atoms with Crippen LogP contribution in [-0.2, 0) is 0 Å². The van der Waals surface area contributed by atoms with Gasteiger partial charge < -0.3 is 4.74 Å². The molecule has 7 aromatic rings. The lowest BCUT2D eigenvalue weighted by Crippen LogP contribution is -1.99. The van der Waals surface area contributed by atoms with Crippen LogP contribution < -0.4 is 4.74 Å². The van der Waals surface area contributed by atoms with Crippen molar-refractivity contribution in [3.05, 3.63) is 121 Å². The van der Waals surface area contributed by atoms with Gasteiger partial charge >= 0.3 is 0 Å². The number of para-hydroxylation sites is 1. The van der Waals surface area contributed by atoms with E-state index in [0.717, 1.165) is 22.6 Å². The quantitative estimate of drug-likeness (QED) is 0.181. The van der Waals surface area contributed by atoms with Gasteiger partial charge in [0.1, 0.15) is 11.5 Å². The minimum absolute atomic E-state index is 0.914. The standard InChI is InChI=1S/C34H20O/c1-2-10-25-21(7-1)15-16-24-20-31-23(19-30(24)25)9-6-12-26(31)29-18-17-22-8-5-13-28-27-11-3-4-14-32(27)35-34(29)33(22)28/h1-20H. The van der Waals surface area contributed by atoms with E-state index in [2.05, 4.69) is 115 Å². The van der Waals surface area contributed by atoms with E-state index in [1.807, 2.05) is 6.07 Å². The molecule has 7 aromatic carbocycles. The van der Waals surface area contributed by atoms with Crippen molar-refractivity contribution >= 4 is 43.1 Å². The van der Waals surface area contributed by atoms with Gasteiger partial charge in [-0.1, -0.05) is 97.1 Å². The average Bonchev–Trinajstić information content (AvgIpc) is 2.92. The SMILES string of the molecule is c1ccc2c(c1)Oc1c(-c3cccc4cc5c(ccc6ccccc65)cc34)ccc3cccc-2c13. The normalized spacial score (nSPS) is 12.2. The lowest BCUT2D eigenvalue weighted by molar-refractivity contribution is 0.489. The zero-order chi connectivity index (χ0) is 22.9. The van der Waals surface area contributed by atoms with Crippen LogP contribution in [0.4, 0.5) is 0 Å². The summed E-state index contributed by atoms with van der Waals surface area (Å²) in [4.78, 5) is 0. The summed E-state index contributed by atoms with van der Waals surface area (Å²) in [5, 5.41) is 9.98. The Hall–Kier alpha value is -4.62. The third kappa shape index (κ3) is 2.64. The Kier molecular flexibility index (Phi) is 3.72. The molecule has 35 heavy (non-hydrogen) atoms. The Bertz CT molecular complexity index is 1980. The lowest BCUT2D eigenvalue weighted by Gasteiger charge is -2.24. The van der Waals surface area contributed by atoms with E-state index < -0.39 is 0 Å². The summed E-state index contributed by atoms with van der Waals surface area (Å²) in [7, 11) is 0. The first-order valence-corrected chi connectivity index (χ1v) is 12.0. The molecule has 0 fully saturated rings. The van der Waals surface area contributed by atoms with Crippen LogP contribution in [0.25, 0.3) is 65.3 Å². The molecule has 1 nitrogen and oxygen atoms in total. The fourth-order valence-electron chi connectivity index (χ4n) is 5.79. The van der Waals surface area contributed by atoms with Gasteiger partial charge in [0.25, 0.3) is 0 Å². The molecular formula is C34H20O. The monoisotopic (exact) mass is 444 g/mol. The molecule has 1 aliphatic heterocycles. The molecule has 0 unspecified atom stereocenters. The van der Waals surface area contributed by atoms with Crippen molar-refractivity contribution in [3.63, 3.8) is 0 Å². The lowest BCUT2D eigenvalue weighted by atomic mass is 9.89. The van der Waals surface area contributed by atoms with E-state index in [-0.39, 0.29) is 0 Å². The molecule has 0 N–H and O–H groups in total. The molecule has 0 saturated heterocycles. The van der Waals surface area contributed by atoms with Crippen LogP contribution in [0.1, 0.15) is 0 Å². The van der Waals surface area contributed by atoms with Crippen LogP contribution in [0.15, 0.2) is 121 Å². The van der Waals surface area contributed by atoms with E-state index in [9.17, 15) is 0 Å². The molecule has 0 aromatic heterocycles. The summed E-state index contributed by atoms with van der Waals surface area (Å²) in [6.07, 6.45) is 0. The third-order valence-corrected chi connectivity index (χ3v) is 7.42. The van der Waals surface area contributed by atoms with Gasteiger partial charge in [-0.05, 0) is 73.1 Å². The zero-order valence-electron chi connectivity index (χ0n) is 19.0. The molecule has 0 spiro atoms. The van der Waals surface area contributed by atoms with Gasteiger partial charge in [0.15, 0.2) is 0 Å². The third-order valence-electron chi connectivity index (χ3n) is 7.42. The highest BCUT2D eigenvalue weighted by Crippen LogP contribution is 2.51. The maximum Gasteiger partial charge on any atom is 0.143 e. The van der Waals surface area contributed by atoms with Gasteiger partial charge in [-0.3, -0.25) is 0 Å². The van der Waals surface area contributed by atoms with Crippen LogP contribution in [0.3, 0.4) is 0 Å².